The van der Waals surface area contributed by atoms with Gasteiger partial charge >= 0.3 is 6.18 Å². The van der Waals surface area contributed by atoms with E-state index in [4.69, 9.17) is 0 Å². The number of nitrogens with one attached hydrogen (secondary N) is 1. The van der Waals surface area contributed by atoms with Gasteiger partial charge in [-0.05, 0) is 12.1 Å². The fourth-order valence-electron chi connectivity index (χ4n) is 3.99. The standard InChI is InChI=1S/C24H19F3N4OS/c25-24(26,27)17-8-6-16(7-9-17)22-29-19-10-11-31(12-18(19)23(32)30-22)13-20-21(28-14-33-20)15-4-2-1-3-5-15/h1-9,14H,10-13H2,(H,29,30,32). The quantitative estimate of drug-likeness (QED) is 0.451. The van der Waals surface area contributed by atoms with E-state index in [2.05, 4.69) is 19.9 Å². The summed E-state index contributed by atoms with van der Waals surface area (Å²) in [6, 6.07) is 14.6. The van der Waals surface area contributed by atoms with Crippen LogP contribution in [0.15, 0.2) is 64.9 Å². The molecule has 4 aromatic rings. The first-order chi connectivity index (χ1) is 15.9. The predicted octanol–water partition coefficient (Wildman–Crippen LogP) is 5.14. The minimum absolute atomic E-state index is 0.257. The largest absolute Gasteiger partial charge is 0.416 e. The summed E-state index contributed by atoms with van der Waals surface area (Å²) >= 11 is 1.59. The first-order valence-corrected chi connectivity index (χ1v) is 11.3. The van der Waals surface area contributed by atoms with Crippen LogP contribution in [0.4, 0.5) is 13.2 Å². The number of nitrogens with zero attached hydrogens (tertiary/aromatic N) is 3. The molecule has 1 aliphatic heterocycles. The summed E-state index contributed by atoms with van der Waals surface area (Å²) in [4.78, 5) is 28.0. The van der Waals surface area contributed by atoms with Crippen molar-refractivity contribution in [1.82, 2.24) is 19.9 Å². The van der Waals surface area contributed by atoms with E-state index in [1.165, 1.54) is 12.1 Å². The summed E-state index contributed by atoms with van der Waals surface area (Å²) in [5.74, 6) is 0.287. The maximum absolute atomic E-state index is 12.8. The second-order valence-electron chi connectivity index (χ2n) is 7.87. The Kier molecular flexibility index (Phi) is 5.59. The van der Waals surface area contributed by atoms with Crippen LogP contribution < -0.4 is 5.56 Å². The Morgan fingerprint density at radius 2 is 1.79 bits per heavy atom. The summed E-state index contributed by atoms with van der Waals surface area (Å²) in [5.41, 5.74) is 4.60. The Bertz CT molecular complexity index is 1330. The number of halogens is 3. The van der Waals surface area contributed by atoms with E-state index in [9.17, 15) is 18.0 Å². The van der Waals surface area contributed by atoms with Gasteiger partial charge in [0.15, 0.2) is 0 Å². The smallest absolute Gasteiger partial charge is 0.306 e. The maximum atomic E-state index is 12.8. The minimum Gasteiger partial charge on any atom is -0.306 e. The number of hydrogen-bond donors (Lipinski definition) is 1. The Hall–Kier alpha value is -3.30. The average Bonchev–Trinajstić information content (AvgIpc) is 3.27. The molecule has 0 aliphatic carbocycles. The van der Waals surface area contributed by atoms with Crippen LogP contribution in [0.2, 0.25) is 0 Å². The Balaban J connectivity index is 1.36. The molecule has 0 bridgehead atoms. The van der Waals surface area contributed by atoms with Crippen LogP contribution in [-0.2, 0) is 25.7 Å². The van der Waals surface area contributed by atoms with E-state index >= 15 is 0 Å². The highest BCUT2D eigenvalue weighted by Crippen LogP contribution is 2.31. The van der Waals surface area contributed by atoms with Crippen molar-refractivity contribution < 1.29 is 13.2 Å². The van der Waals surface area contributed by atoms with Gasteiger partial charge in [-0.3, -0.25) is 9.69 Å². The predicted molar refractivity (Wildman–Crippen MR) is 121 cm³/mol. The molecule has 5 rings (SSSR count). The third-order valence-corrected chi connectivity index (χ3v) is 6.51. The first kappa shape index (κ1) is 21.5. The van der Waals surface area contributed by atoms with Gasteiger partial charge < -0.3 is 4.98 Å². The van der Waals surface area contributed by atoms with Gasteiger partial charge in [-0.15, -0.1) is 11.3 Å². The van der Waals surface area contributed by atoms with Gasteiger partial charge in [0.1, 0.15) is 5.82 Å². The topological polar surface area (TPSA) is 61.9 Å². The molecule has 3 heterocycles. The molecule has 2 aromatic heterocycles. The van der Waals surface area contributed by atoms with Crippen molar-refractivity contribution in [3.05, 3.63) is 92.2 Å². The van der Waals surface area contributed by atoms with Gasteiger partial charge in [0.05, 0.1) is 28.0 Å². The molecule has 0 unspecified atom stereocenters. The van der Waals surface area contributed by atoms with E-state index in [0.29, 0.717) is 36.3 Å². The van der Waals surface area contributed by atoms with Crippen molar-refractivity contribution in [1.29, 1.82) is 0 Å². The number of alkyl halides is 3. The van der Waals surface area contributed by atoms with Crippen LogP contribution in [0, 0.1) is 0 Å². The number of benzene rings is 2. The summed E-state index contributed by atoms with van der Waals surface area (Å²) in [5, 5.41) is 0. The van der Waals surface area contributed by atoms with Gasteiger partial charge in [-0.1, -0.05) is 42.5 Å². The molecule has 9 heteroatoms. The van der Waals surface area contributed by atoms with Gasteiger partial charge in [0.25, 0.3) is 5.56 Å². The number of H-pyrrole nitrogens is 1. The molecule has 1 N–H and O–H groups in total. The van der Waals surface area contributed by atoms with Crippen molar-refractivity contribution in [2.24, 2.45) is 0 Å². The van der Waals surface area contributed by atoms with Gasteiger partial charge in [0.2, 0.25) is 0 Å². The first-order valence-electron chi connectivity index (χ1n) is 10.4. The zero-order chi connectivity index (χ0) is 23.0. The molecule has 0 fully saturated rings. The number of aromatic amines is 1. The molecule has 168 valence electrons. The second kappa shape index (κ2) is 8.57. The van der Waals surface area contributed by atoms with Crippen molar-refractivity contribution in [2.75, 3.05) is 6.54 Å². The summed E-state index contributed by atoms with van der Waals surface area (Å²) in [6.45, 7) is 1.85. The number of hydrogen-bond acceptors (Lipinski definition) is 5. The molecule has 33 heavy (non-hydrogen) atoms. The van der Waals surface area contributed by atoms with Crippen molar-refractivity contribution in [2.45, 2.75) is 25.7 Å². The van der Waals surface area contributed by atoms with Crippen LogP contribution in [0.3, 0.4) is 0 Å². The highest BCUT2D eigenvalue weighted by atomic mass is 32.1. The van der Waals surface area contributed by atoms with Crippen LogP contribution in [-0.4, -0.2) is 26.4 Å². The number of fused-ring (bicyclic) bond motifs is 1. The molecule has 5 nitrogen and oxygen atoms in total. The fourth-order valence-corrected chi connectivity index (χ4v) is 4.81. The molecule has 2 aromatic carbocycles. The molecule has 0 atom stereocenters. The molecule has 1 aliphatic rings. The third-order valence-electron chi connectivity index (χ3n) is 5.69. The van der Waals surface area contributed by atoms with Crippen LogP contribution >= 0.6 is 11.3 Å². The van der Waals surface area contributed by atoms with Crippen molar-refractivity contribution in [3.8, 4) is 22.6 Å². The van der Waals surface area contributed by atoms with Crippen LogP contribution in [0.25, 0.3) is 22.6 Å². The Morgan fingerprint density at radius 3 is 2.52 bits per heavy atom. The zero-order valence-electron chi connectivity index (χ0n) is 17.4. The van der Waals surface area contributed by atoms with Crippen molar-refractivity contribution in [3.63, 3.8) is 0 Å². The van der Waals surface area contributed by atoms with Gasteiger partial charge in [-0.2, -0.15) is 13.2 Å². The number of aromatic nitrogens is 3. The SMILES string of the molecule is O=c1[nH]c(-c2ccc(C(F)(F)F)cc2)nc2c1CN(Cc1scnc1-c1ccccc1)CC2. The van der Waals surface area contributed by atoms with Gasteiger partial charge in [0, 0.05) is 42.1 Å². The average molecular weight is 469 g/mol. The molecular weight excluding hydrogens is 449 g/mol. The van der Waals surface area contributed by atoms with Crippen LogP contribution in [0.1, 0.15) is 21.7 Å². The molecular formula is C24H19F3N4OS. The van der Waals surface area contributed by atoms with E-state index < -0.39 is 11.7 Å². The number of rotatable bonds is 4. The highest BCUT2D eigenvalue weighted by Gasteiger charge is 2.30. The molecule has 0 spiro atoms. The second-order valence-corrected chi connectivity index (χ2v) is 8.81. The Morgan fingerprint density at radius 1 is 1.03 bits per heavy atom. The fraction of sp³-hybridized carbons (Fsp3) is 0.208. The lowest BCUT2D eigenvalue weighted by molar-refractivity contribution is -0.137. The summed E-state index contributed by atoms with van der Waals surface area (Å²) in [7, 11) is 0. The normalized spacial score (nSPS) is 14.3. The van der Waals surface area contributed by atoms with E-state index in [1.54, 1.807) is 11.3 Å². The summed E-state index contributed by atoms with van der Waals surface area (Å²) in [6.07, 6.45) is -3.82. The summed E-state index contributed by atoms with van der Waals surface area (Å²) < 4.78 is 38.5. The van der Waals surface area contributed by atoms with E-state index in [-0.39, 0.29) is 11.4 Å². The monoisotopic (exact) mass is 468 g/mol. The lowest BCUT2D eigenvalue weighted by Crippen LogP contribution is -2.35. The maximum Gasteiger partial charge on any atom is 0.416 e. The van der Waals surface area contributed by atoms with Crippen molar-refractivity contribution >= 4 is 11.3 Å². The van der Waals surface area contributed by atoms with E-state index in [0.717, 1.165) is 34.8 Å². The third kappa shape index (κ3) is 4.46. The van der Waals surface area contributed by atoms with Crippen LogP contribution in [0.5, 0.6) is 0 Å². The lowest BCUT2D eigenvalue weighted by atomic mass is 10.1. The van der Waals surface area contributed by atoms with Gasteiger partial charge in [-0.25, -0.2) is 9.97 Å². The van der Waals surface area contributed by atoms with E-state index in [1.807, 2.05) is 35.8 Å². The molecule has 0 saturated carbocycles. The lowest BCUT2D eigenvalue weighted by Gasteiger charge is -2.27. The zero-order valence-corrected chi connectivity index (χ0v) is 18.2. The number of thiazole rings is 1. The Labute approximate surface area is 191 Å². The highest BCUT2D eigenvalue weighted by molar-refractivity contribution is 7.10. The molecule has 0 radical (unpaired) electrons. The minimum atomic E-state index is -4.41. The molecule has 0 amide bonds. The molecule has 0 saturated heterocycles.